The number of amides is 2. The van der Waals surface area contributed by atoms with Crippen LogP contribution in [0, 0.1) is 0 Å². The zero-order chi connectivity index (χ0) is 18.6. The predicted molar refractivity (Wildman–Crippen MR) is 106 cm³/mol. The molecule has 2 amide bonds. The van der Waals surface area contributed by atoms with Gasteiger partial charge >= 0.3 is 6.03 Å². The molecule has 0 radical (unpaired) electrons. The smallest absolute Gasteiger partial charge is 0.321 e. The molecule has 1 aliphatic heterocycles. The van der Waals surface area contributed by atoms with Gasteiger partial charge < -0.3 is 15.1 Å². The van der Waals surface area contributed by atoms with Crippen LogP contribution in [0.2, 0.25) is 0 Å². The van der Waals surface area contributed by atoms with Gasteiger partial charge in [0.1, 0.15) is 0 Å². The molecular weight excluding hydrogens is 340 g/mol. The Morgan fingerprint density at radius 3 is 2.56 bits per heavy atom. The Morgan fingerprint density at radius 1 is 1.07 bits per heavy atom. The third-order valence-electron chi connectivity index (χ3n) is 4.70. The maximum atomic E-state index is 12.6. The van der Waals surface area contributed by atoms with E-state index in [9.17, 15) is 4.79 Å². The van der Waals surface area contributed by atoms with Gasteiger partial charge in [-0.2, -0.15) is 5.10 Å². The fraction of sp³-hybridized carbons (Fsp3) is 0.250. The number of urea groups is 1. The summed E-state index contributed by atoms with van der Waals surface area (Å²) in [5.74, 6) is 0. The van der Waals surface area contributed by atoms with Gasteiger partial charge in [-0.1, -0.05) is 30.3 Å². The Morgan fingerprint density at radius 2 is 1.85 bits per heavy atom. The van der Waals surface area contributed by atoms with E-state index in [1.54, 1.807) is 10.9 Å². The van der Waals surface area contributed by atoms with Crippen LogP contribution < -0.4 is 10.2 Å². The molecule has 0 spiro atoms. The number of aryl methyl sites for hydroxylation is 1. The van der Waals surface area contributed by atoms with E-state index >= 15 is 0 Å². The highest BCUT2D eigenvalue weighted by Crippen LogP contribution is 2.20. The second-order valence-electron chi connectivity index (χ2n) is 6.57. The van der Waals surface area contributed by atoms with Crippen LogP contribution in [-0.4, -0.2) is 51.9 Å². The molecule has 1 fully saturated rings. The number of benzene rings is 1. The van der Waals surface area contributed by atoms with E-state index in [1.165, 1.54) is 0 Å². The van der Waals surface area contributed by atoms with Gasteiger partial charge in [0.2, 0.25) is 0 Å². The Bertz CT molecular complexity index is 915. The van der Waals surface area contributed by atoms with E-state index < -0.39 is 0 Å². The number of piperazine rings is 1. The van der Waals surface area contributed by atoms with E-state index in [-0.39, 0.29) is 6.03 Å². The maximum Gasteiger partial charge on any atom is 0.321 e. The number of anilines is 2. The molecule has 27 heavy (non-hydrogen) atoms. The minimum absolute atomic E-state index is 0.0777. The summed E-state index contributed by atoms with van der Waals surface area (Å²) in [5, 5.41) is 7.20. The third-order valence-corrected chi connectivity index (χ3v) is 4.70. The first-order valence-corrected chi connectivity index (χ1v) is 9.00. The first kappa shape index (κ1) is 17.1. The highest BCUT2D eigenvalue weighted by Gasteiger charge is 2.22. The molecule has 138 valence electrons. The van der Waals surface area contributed by atoms with Gasteiger partial charge in [0.25, 0.3) is 0 Å². The van der Waals surface area contributed by atoms with Crippen molar-refractivity contribution in [2.45, 2.75) is 0 Å². The third kappa shape index (κ3) is 3.92. The number of pyridine rings is 1. The highest BCUT2D eigenvalue weighted by atomic mass is 16.2. The summed E-state index contributed by atoms with van der Waals surface area (Å²) >= 11 is 0. The zero-order valence-electron chi connectivity index (χ0n) is 15.2. The van der Waals surface area contributed by atoms with Gasteiger partial charge in [0.15, 0.2) is 0 Å². The monoisotopic (exact) mass is 362 g/mol. The zero-order valence-corrected chi connectivity index (χ0v) is 15.2. The van der Waals surface area contributed by atoms with Crippen molar-refractivity contribution in [2.24, 2.45) is 7.05 Å². The summed E-state index contributed by atoms with van der Waals surface area (Å²) in [6.07, 6.45) is 5.58. The summed E-state index contributed by atoms with van der Waals surface area (Å²) < 4.78 is 1.79. The quantitative estimate of drug-likeness (QED) is 0.778. The molecule has 3 aromatic rings. The van der Waals surface area contributed by atoms with E-state index in [0.717, 1.165) is 35.7 Å². The van der Waals surface area contributed by atoms with E-state index in [2.05, 4.69) is 20.3 Å². The lowest BCUT2D eigenvalue weighted by Crippen LogP contribution is -2.50. The van der Waals surface area contributed by atoms with Crippen LogP contribution in [0.3, 0.4) is 0 Å². The Balaban J connectivity index is 1.37. The standard InChI is InChI=1S/C20H22N6O/c1-24-15-18(14-22-24)25-9-11-26(12-10-25)20(27)23-17-7-8-21-19(13-17)16-5-3-2-4-6-16/h2-8,13-15H,9-12H2,1H3,(H,21,23,27). The number of rotatable bonds is 3. The normalized spacial score (nSPS) is 14.3. The lowest BCUT2D eigenvalue weighted by atomic mass is 10.1. The van der Waals surface area contributed by atoms with Crippen LogP contribution >= 0.6 is 0 Å². The van der Waals surface area contributed by atoms with Gasteiger partial charge in [-0.05, 0) is 12.1 Å². The van der Waals surface area contributed by atoms with Gasteiger partial charge in [0, 0.05) is 56.9 Å². The molecule has 0 bridgehead atoms. The number of nitrogens with zero attached hydrogens (tertiary/aromatic N) is 5. The number of nitrogens with one attached hydrogen (secondary N) is 1. The summed E-state index contributed by atoms with van der Waals surface area (Å²) in [6.45, 7) is 2.95. The average molecular weight is 362 g/mol. The first-order chi connectivity index (χ1) is 13.2. The SMILES string of the molecule is Cn1cc(N2CCN(C(=O)Nc3ccnc(-c4ccccc4)c3)CC2)cn1. The topological polar surface area (TPSA) is 66.3 Å². The number of aromatic nitrogens is 3. The molecule has 1 N–H and O–H groups in total. The molecule has 7 nitrogen and oxygen atoms in total. The molecule has 1 aliphatic rings. The van der Waals surface area contributed by atoms with Crippen molar-refractivity contribution in [3.8, 4) is 11.3 Å². The molecule has 7 heteroatoms. The second kappa shape index (κ2) is 7.49. The Hall–Kier alpha value is -3.35. The van der Waals surface area contributed by atoms with Crippen molar-refractivity contribution in [3.63, 3.8) is 0 Å². The molecule has 0 aliphatic carbocycles. The Kier molecular flexibility index (Phi) is 4.74. The Labute approximate surface area is 158 Å². The van der Waals surface area contributed by atoms with Crippen LogP contribution in [0.25, 0.3) is 11.3 Å². The largest absolute Gasteiger partial charge is 0.365 e. The molecule has 0 saturated carbocycles. The first-order valence-electron chi connectivity index (χ1n) is 9.00. The van der Waals surface area contributed by atoms with Crippen molar-refractivity contribution < 1.29 is 4.79 Å². The molecule has 0 unspecified atom stereocenters. The summed E-state index contributed by atoms with van der Waals surface area (Å²) in [7, 11) is 1.91. The molecule has 1 aromatic carbocycles. The van der Waals surface area contributed by atoms with Crippen molar-refractivity contribution >= 4 is 17.4 Å². The predicted octanol–water partition coefficient (Wildman–Crippen LogP) is 2.84. The second-order valence-corrected chi connectivity index (χ2v) is 6.57. The number of hydrogen-bond donors (Lipinski definition) is 1. The van der Waals surface area contributed by atoms with Gasteiger partial charge in [-0.15, -0.1) is 0 Å². The molecular formula is C20H22N6O. The van der Waals surface area contributed by atoms with Gasteiger partial charge in [0.05, 0.1) is 17.6 Å². The fourth-order valence-corrected chi connectivity index (χ4v) is 3.22. The molecule has 2 aromatic heterocycles. The van der Waals surface area contributed by atoms with Crippen LogP contribution in [0.4, 0.5) is 16.2 Å². The number of carbonyl (C=O) groups is 1. The lowest BCUT2D eigenvalue weighted by Gasteiger charge is -2.35. The van der Waals surface area contributed by atoms with Crippen molar-refractivity contribution in [2.75, 3.05) is 36.4 Å². The minimum Gasteiger partial charge on any atom is -0.365 e. The van der Waals surface area contributed by atoms with Crippen LogP contribution in [0.15, 0.2) is 61.1 Å². The average Bonchev–Trinajstić information content (AvgIpc) is 3.15. The minimum atomic E-state index is -0.0777. The van der Waals surface area contributed by atoms with Gasteiger partial charge in [-0.3, -0.25) is 9.67 Å². The molecule has 0 atom stereocenters. The summed E-state index contributed by atoms with van der Waals surface area (Å²) in [5.41, 5.74) is 3.72. The van der Waals surface area contributed by atoms with E-state index in [1.807, 2.05) is 66.8 Å². The molecule has 3 heterocycles. The van der Waals surface area contributed by atoms with Crippen LogP contribution in [0.1, 0.15) is 0 Å². The van der Waals surface area contributed by atoms with Crippen LogP contribution in [-0.2, 0) is 7.05 Å². The van der Waals surface area contributed by atoms with Crippen molar-refractivity contribution in [1.29, 1.82) is 0 Å². The van der Waals surface area contributed by atoms with Crippen molar-refractivity contribution in [1.82, 2.24) is 19.7 Å². The number of carbonyl (C=O) groups excluding carboxylic acids is 1. The molecule has 4 rings (SSSR count). The van der Waals surface area contributed by atoms with E-state index in [0.29, 0.717) is 13.1 Å². The summed E-state index contributed by atoms with van der Waals surface area (Å²) in [4.78, 5) is 21.1. The van der Waals surface area contributed by atoms with Crippen molar-refractivity contribution in [3.05, 3.63) is 61.1 Å². The fourth-order valence-electron chi connectivity index (χ4n) is 3.22. The maximum absolute atomic E-state index is 12.6. The highest BCUT2D eigenvalue weighted by molar-refractivity contribution is 5.90. The van der Waals surface area contributed by atoms with Gasteiger partial charge in [-0.25, -0.2) is 4.79 Å². The van der Waals surface area contributed by atoms with Crippen LogP contribution in [0.5, 0.6) is 0 Å². The lowest BCUT2D eigenvalue weighted by molar-refractivity contribution is 0.208. The molecule has 1 saturated heterocycles. The number of hydrogen-bond acceptors (Lipinski definition) is 4. The summed E-state index contributed by atoms with van der Waals surface area (Å²) in [6, 6.07) is 13.6. The van der Waals surface area contributed by atoms with E-state index in [4.69, 9.17) is 0 Å².